The number of halogens is 1. The smallest absolute Gasteiger partial charge is 0.249 e. The van der Waals surface area contributed by atoms with Gasteiger partial charge in [0.05, 0.1) is 0 Å². The van der Waals surface area contributed by atoms with Crippen molar-refractivity contribution in [3.05, 3.63) is 35.2 Å². The molecule has 2 N–H and O–H groups in total. The van der Waals surface area contributed by atoms with Crippen LogP contribution in [0.2, 0.25) is 5.02 Å². The lowest BCUT2D eigenvalue weighted by Gasteiger charge is -2.33. The van der Waals surface area contributed by atoms with Gasteiger partial charge in [0, 0.05) is 23.6 Å². The Kier molecular flexibility index (Phi) is 6.63. The number of hydrogen-bond acceptors (Lipinski definition) is 5. The highest BCUT2D eigenvalue weighted by atomic mass is 35.5. The topological polar surface area (TPSA) is 85.3 Å². The third-order valence-corrected chi connectivity index (χ3v) is 5.00. The van der Waals surface area contributed by atoms with Gasteiger partial charge >= 0.3 is 0 Å². The van der Waals surface area contributed by atoms with Gasteiger partial charge in [-0.1, -0.05) is 23.2 Å². The van der Waals surface area contributed by atoms with Crippen LogP contribution in [0.25, 0.3) is 11.4 Å². The standard InChI is InChI=1S/C19H25ClN4O2/c20-15-10-8-14(9-11-15)18-22-19(26-23-18)16-6-3-5-13-24(16)17(25)7-2-1-4-12-21/h8-11,16H,1-7,12-13,21H2. The van der Waals surface area contributed by atoms with Gasteiger partial charge in [-0.05, 0) is 62.9 Å². The van der Waals surface area contributed by atoms with Crippen LogP contribution in [-0.2, 0) is 4.79 Å². The number of amides is 1. The fraction of sp³-hybridized carbons (Fsp3) is 0.526. The van der Waals surface area contributed by atoms with Crippen molar-refractivity contribution < 1.29 is 9.32 Å². The average Bonchev–Trinajstić information content (AvgIpc) is 3.16. The van der Waals surface area contributed by atoms with Crippen molar-refractivity contribution in [3.63, 3.8) is 0 Å². The van der Waals surface area contributed by atoms with Crippen LogP contribution >= 0.6 is 11.6 Å². The van der Waals surface area contributed by atoms with E-state index >= 15 is 0 Å². The normalized spacial score (nSPS) is 17.5. The molecule has 26 heavy (non-hydrogen) atoms. The Bertz CT molecular complexity index is 717. The van der Waals surface area contributed by atoms with E-state index < -0.39 is 0 Å². The Morgan fingerprint density at radius 2 is 2.04 bits per heavy atom. The predicted octanol–water partition coefficient (Wildman–Crippen LogP) is 3.96. The van der Waals surface area contributed by atoms with Gasteiger partial charge in [0.1, 0.15) is 6.04 Å². The van der Waals surface area contributed by atoms with Gasteiger partial charge in [-0.25, -0.2) is 0 Å². The zero-order valence-electron chi connectivity index (χ0n) is 14.9. The number of nitrogens with two attached hydrogens (primary N) is 1. The first-order valence-corrected chi connectivity index (χ1v) is 9.66. The lowest BCUT2D eigenvalue weighted by molar-refractivity contribution is -0.135. The van der Waals surface area contributed by atoms with Gasteiger partial charge in [0.15, 0.2) is 0 Å². The molecular weight excluding hydrogens is 352 g/mol. The maximum absolute atomic E-state index is 12.6. The molecule has 6 nitrogen and oxygen atoms in total. The monoisotopic (exact) mass is 376 g/mol. The SMILES string of the molecule is NCCCCCC(=O)N1CCCCC1c1nc(-c2ccc(Cl)cc2)no1. The number of piperidine rings is 1. The number of carbonyl (C=O) groups is 1. The molecule has 0 saturated carbocycles. The van der Waals surface area contributed by atoms with Crippen LogP contribution in [0.1, 0.15) is 56.9 Å². The molecule has 0 bridgehead atoms. The largest absolute Gasteiger partial charge is 0.337 e. The Morgan fingerprint density at radius 1 is 1.23 bits per heavy atom. The number of benzene rings is 1. The second kappa shape index (κ2) is 9.14. The number of carbonyl (C=O) groups excluding carboxylic acids is 1. The van der Waals surface area contributed by atoms with Crippen molar-refractivity contribution in [2.24, 2.45) is 5.73 Å². The molecule has 0 radical (unpaired) electrons. The van der Waals surface area contributed by atoms with Crippen LogP contribution < -0.4 is 5.73 Å². The van der Waals surface area contributed by atoms with Crippen LogP contribution in [0.4, 0.5) is 0 Å². The summed E-state index contributed by atoms with van der Waals surface area (Å²) in [5.74, 6) is 1.21. The zero-order chi connectivity index (χ0) is 18.4. The summed E-state index contributed by atoms with van der Waals surface area (Å²) >= 11 is 5.93. The van der Waals surface area contributed by atoms with Crippen LogP contribution in [0.3, 0.4) is 0 Å². The van der Waals surface area contributed by atoms with E-state index in [1.807, 2.05) is 17.0 Å². The van der Waals surface area contributed by atoms with Crippen LogP contribution in [0.5, 0.6) is 0 Å². The molecule has 3 rings (SSSR count). The summed E-state index contributed by atoms with van der Waals surface area (Å²) in [7, 11) is 0. The molecule has 2 aromatic rings. The number of nitrogens with zero attached hydrogens (tertiary/aromatic N) is 3. The zero-order valence-corrected chi connectivity index (χ0v) is 15.6. The van der Waals surface area contributed by atoms with Crippen molar-refractivity contribution >= 4 is 17.5 Å². The maximum Gasteiger partial charge on any atom is 0.249 e. The Balaban J connectivity index is 1.69. The first-order valence-electron chi connectivity index (χ1n) is 9.28. The molecular formula is C19H25ClN4O2. The van der Waals surface area contributed by atoms with E-state index in [0.717, 1.165) is 50.6 Å². The second-order valence-corrected chi connectivity index (χ2v) is 7.10. The van der Waals surface area contributed by atoms with E-state index in [2.05, 4.69) is 10.1 Å². The van der Waals surface area contributed by atoms with Gasteiger partial charge in [-0.15, -0.1) is 0 Å². The van der Waals surface area contributed by atoms with Crippen LogP contribution in [-0.4, -0.2) is 34.0 Å². The van der Waals surface area contributed by atoms with E-state index in [1.165, 1.54) is 0 Å². The molecule has 1 aliphatic heterocycles. The molecule has 1 aromatic heterocycles. The molecule has 1 atom stereocenters. The third kappa shape index (κ3) is 4.62. The quantitative estimate of drug-likeness (QED) is 0.739. The predicted molar refractivity (Wildman–Crippen MR) is 101 cm³/mol. The molecule has 0 aliphatic carbocycles. The molecule has 1 saturated heterocycles. The highest BCUT2D eigenvalue weighted by molar-refractivity contribution is 6.30. The Morgan fingerprint density at radius 3 is 2.81 bits per heavy atom. The fourth-order valence-corrected chi connectivity index (χ4v) is 3.44. The lowest BCUT2D eigenvalue weighted by atomic mass is 10.0. The molecule has 1 amide bonds. The van der Waals surface area contributed by atoms with Crippen molar-refractivity contribution in [2.75, 3.05) is 13.1 Å². The van der Waals surface area contributed by atoms with E-state index in [0.29, 0.717) is 29.7 Å². The second-order valence-electron chi connectivity index (χ2n) is 6.66. The number of likely N-dealkylation sites (tertiary alicyclic amines) is 1. The van der Waals surface area contributed by atoms with Crippen molar-refractivity contribution in [2.45, 2.75) is 51.0 Å². The summed E-state index contributed by atoms with van der Waals surface area (Å²) < 4.78 is 5.51. The minimum Gasteiger partial charge on any atom is -0.337 e. The number of aromatic nitrogens is 2. The number of unbranched alkanes of at least 4 members (excludes halogenated alkanes) is 2. The Labute approximate surface area is 158 Å². The molecule has 1 aliphatic rings. The summed E-state index contributed by atoms with van der Waals surface area (Å²) in [5.41, 5.74) is 6.36. The summed E-state index contributed by atoms with van der Waals surface area (Å²) in [4.78, 5) is 19.1. The highest BCUT2D eigenvalue weighted by Crippen LogP contribution is 2.32. The molecule has 0 spiro atoms. The molecule has 140 valence electrons. The van der Waals surface area contributed by atoms with E-state index in [-0.39, 0.29) is 11.9 Å². The average molecular weight is 377 g/mol. The van der Waals surface area contributed by atoms with Crippen molar-refractivity contribution in [3.8, 4) is 11.4 Å². The van der Waals surface area contributed by atoms with Gasteiger partial charge in [0.25, 0.3) is 0 Å². The van der Waals surface area contributed by atoms with E-state index in [9.17, 15) is 4.79 Å². The van der Waals surface area contributed by atoms with Crippen molar-refractivity contribution in [1.82, 2.24) is 15.0 Å². The molecule has 7 heteroatoms. The molecule has 1 aromatic carbocycles. The summed E-state index contributed by atoms with van der Waals surface area (Å²) in [6, 6.07) is 7.19. The molecule has 1 unspecified atom stereocenters. The fourth-order valence-electron chi connectivity index (χ4n) is 3.31. The summed E-state index contributed by atoms with van der Waals surface area (Å²) in [5, 5.41) is 4.75. The molecule has 2 heterocycles. The van der Waals surface area contributed by atoms with Gasteiger partial charge < -0.3 is 15.2 Å². The number of rotatable bonds is 7. The Hall–Kier alpha value is -1.92. The van der Waals surface area contributed by atoms with E-state index in [1.54, 1.807) is 12.1 Å². The van der Waals surface area contributed by atoms with Crippen molar-refractivity contribution in [1.29, 1.82) is 0 Å². The summed E-state index contributed by atoms with van der Waals surface area (Å²) in [6.07, 6.45) is 6.31. The van der Waals surface area contributed by atoms with Gasteiger partial charge in [-0.3, -0.25) is 4.79 Å². The highest BCUT2D eigenvalue weighted by Gasteiger charge is 2.31. The first-order chi connectivity index (χ1) is 12.7. The van der Waals surface area contributed by atoms with Gasteiger partial charge in [-0.2, -0.15) is 4.98 Å². The molecule has 1 fully saturated rings. The summed E-state index contributed by atoms with van der Waals surface area (Å²) in [6.45, 7) is 1.43. The minimum absolute atomic E-state index is 0.126. The van der Waals surface area contributed by atoms with E-state index in [4.69, 9.17) is 21.9 Å². The lowest BCUT2D eigenvalue weighted by Crippen LogP contribution is -2.38. The minimum atomic E-state index is -0.126. The van der Waals surface area contributed by atoms with Crippen LogP contribution in [0, 0.1) is 0 Å². The first kappa shape index (κ1) is 18.9. The van der Waals surface area contributed by atoms with Gasteiger partial charge in [0.2, 0.25) is 17.6 Å². The maximum atomic E-state index is 12.6. The number of hydrogen-bond donors (Lipinski definition) is 1. The van der Waals surface area contributed by atoms with Crippen LogP contribution in [0.15, 0.2) is 28.8 Å². The third-order valence-electron chi connectivity index (χ3n) is 4.75.